The number of carboxylic acids is 1. The van der Waals surface area contributed by atoms with Gasteiger partial charge in [-0.15, -0.1) is 0 Å². The van der Waals surface area contributed by atoms with Gasteiger partial charge in [-0.2, -0.15) is 0 Å². The Hall–Kier alpha value is -4.40. The molecule has 4 unspecified atom stereocenters. The molecule has 2 rings (SSSR count). The number of carbonyl (C=O) groups is 5. The Morgan fingerprint density at radius 2 is 1.70 bits per heavy atom. The minimum Gasteiger partial charge on any atom is -0.508 e. The number of phenols is 1. The molecular weight excluding hydrogens is 524 g/mol. The summed E-state index contributed by atoms with van der Waals surface area (Å²) in [5.74, 6) is -3.90. The second-order valence-corrected chi connectivity index (χ2v) is 9.58. The maximum atomic E-state index is 13.6. The Balaban J connectivity index is 2.14. The third-order valence-corrected chi connectivity index (χ3v) is 6.42. The highest BCUT2D eigenvalue weighted by Crippen LogP contribution is 2.20. The number of nitrogens with one attached hydrogen (secondary N) is 2. The van der Waals surface area contributed by atoms with Gasteiger partial charge in [-0.25, -0.2) is 4.79 Å². The van der Waals surface area contributed by atoms with Gasteiger partial charge in [0.2, 0.25) is 23.6 Å². The number of aromatic hydroxyl groups is 1. The standard InChI is InChI=1S/C25H38N8O7/c26-16(13-14-5-7-15(34)8-6-14)21(36)31-17(3-1-11-30-25(28)29)23(38)33-12-2-4-19(33)22(37)32-18(24(39)40)9-10-20(27)35/h5-8,16-19,34H,1-4,9-13,26H2,(H2,27,35)(H,31,36)(H,32,37)(H,39,40)(H4,28,29,30). The lowest BCUT2D eigenvalue weighted by molar-refractivity contribution is -0.145. The number of aliphatic carboxylic acids is 1. The Morgan fingerprint density at radius 3 is 2.30 bits per heavy atom. The third kappa shape index (κ3) is 10.1. The van der Waals surface area contributed by atoms with Gasteiger partial charge in [-0.1, -0.05) is 12.1 Å². The van der Waals surface area contributed by atoms with Gasteiger partial charge in [0.05, 0.1) is 6.04 Å². The molecule has 0 saturated carbocycles. The second kappa shape index (κ2) is 15.3. The van der Waals surface area contributed by atoms with Crippen LogP contribution in [0.15, 0.2) is 29.3 Å². The summed E-state index contributed by atoms with van der Waals surface area (Å²) in [7, 11) is 0. The molecule has 0 spiro atoms. The Morgan fingerprint density at radius 1 is 1.02 bits per heavy atom. The number of rotatable bonds is 15. The van der Waals surface area contributed by atoms with Crippen LogP contribution in [0.1, 0.15) is 44.1 Å². The topological polar surface area (TPSA) is 270 Å². The van der Waals surface area contributed by atoms with Crippen LogP contribution in [-0.2, 0) is 30.4 Å². The smallest absolute Gasteiger partial charge is 0.326 e. The van der Waals surface area contributed by atoms with Crippen LogP contribution in [0.2, 0.25) is 0 Å². The fraction of sp³-hybridized carbons (Fsp3) is 0.520. The summed E-state index contributed by atoms with van der Waals surface area (Å²) in [6, 6.07) is 1.82. The van der Waals surface area contributed by atoms with E-state index in [1.807, 2.05) is 0 Å². The molecule has 1 fully saturated rings. The van der Waals surface area contributed by atoms with Crippen LogP contribution in [-0.4, -0.2) is 87.9 Å². The summed E-state index contributed by atoms with van der Waals surface area (Å²) in [5.41, 5.74) is 22.6. The Kier molecular flexibility index (Phi) is 12.1. The van der Waals surface area contributed by atoms with Crippen molar-refractivity contribution in [2.24, 2.45) is 27.9 Å². The van der Waals surface area contributed by atoms with Gasteiger partial charge in [0.25, 0.3) is 0 Å². The molecule has 1 aliphatic rings. The van der Waals surface area contributed by atoms with E-state index in [0.717, 1.165) is 0 Å². The summed E-state index contributed by atoms with van der Waals surface area (Å²) in [6.45, 7) is 0.418. The predicted octanol–water partition coefficient (Wildman–Crippen LogP) is -2.37. The van der Waals surface area contributed by atoms with Gasteiger partial charge in [-0.05, 0) is 56.2 Å². The SMILES string of the molecule is NC(=O)CCC(NC(=O)C1CCCN1C(=O)C(CCCN=C(N)N)NC(=O)C(N)Cc1ccc(O)cc1)C(=O)O. The van der Waals surface area contributed by atoms with E-state index in [0.29, 0.717) is 18.4 Å². The largest absolute Gasteiger partial charge is 0.508 e. The van der Waals surface area contributed by atoms with Crippen molar-refractivity contribution in [2.45, 2.75) is 69.1 Å². The van der Waals surface area contributed by atoms with E-state index in [9.17, 15) is 34.2 Å². The van der Waals surface area contributed by atoms with Gasteiger partial charge in [0.1, 0.15) is 23.9 Å². The fourth-order valence-electron chi connectivity index (χ4n) is 4.33. The number of phenolic OH excluding ortho intramolecular Hbond substituents is 1. The molecule has 4 atom stereocenters. The molecule has 15 heteroatoms. The molecule has 15 nitrogen and oxygen atoms in total. The van der Waals surface area contributed by atoms with E-state index in [2.05, 4.69) is 15.6 Å². The highest BCUT2D eigenvalue weighted by molar-refractivity contribution is 5.94. The molecule has 1 aromatic carbocycles. The highest BCUT2D eigenvalue weighted by Gasteiger charge is 2.39. The van der Waals surface area contributed by atoms with E-state index < -0.39 is 53.8 Å². The first kappa shape index (κ1) is 31.8. The van der Waals surface area contributed by atoms with Crippen molar-refractivity contribution in [3.8, 4) is 5.75 Å². The first-order chi connectivity index (χ1) is 18.9. The number of hydrogen-bond donors (Lipinski definition) is 8. The predicted molar refractivity (Wildman–Crippen MR) is 144 cm³/mol. The summed E-state index contributed by atoms with van der Waals surface area (Å²) >= 11 is 0. The van der Waals surface area contributed by atoms with E-state index in [4.69, 9.17) is 22.9 Å². The van der Waals surface area contributed by atoms with Crippen LogP contribution in [0.4, 0.5) is 0 Å². The zero-order chi connectivity index (χ0) is 29.8. The molecule has 40 heavy (non-hydrogen) atoms. The number of likely N-dealkylation sites (tertiary alicyclic amines) is 1. The Bertz CT molecular complexity index is 1090. The number of nitrogens with zero attached hydrogens (tertiary/aromatic N) is 2. The summed E-state index contributed by atoms with van der Waals surface area (Å²) in [4.78, 5) is 67.3. The zero-order valence-electron chi connectivity index (χ0n) is 22.1. The molecule has 0 bridgehead atoms. The maximum Gasteiger partial charge on any atom is 0.326 e. The molecule has 220 valence electrons. The average molecular weight is 563 g/mol. The van der Waals surface area contributed by atoms with Crippen LogP contribution in [0.5, 0.6) is 5.75 Å². The van der Waals surface area contributed by atoms with Crippen molar-refractivity contribution in [3.05, 3.63) is 29.8 Å². The number of primary amides is 1. The molecule has 1 heterocycles. The first-order valence-corrected chi connectivity index (χ1v) is 12.9. The number of carbonyl (C=O) groups excluding carboxylic acids is 4. The zero-order valence-corrected chi connectivity index (χ0v) is 22.1. The van der Waals surface area contributed by atoms with Crippen LogP contribution in [0, 0.1) is 0 Å². The minimum absolute atomic E-state index is 0.0694. The van der Waals surface area contributed by atoms with Crippen molar-refractivity contribution < 1.29 is 34.2 Å². The summed E-state index contributed by atoms with van der Waals surface area (Å²) in [6.07, 6.45) is 0.970. The second-order valence-electron chi connectivity index (χ2n) is 9.58. The van der Waals surface area contributed by atoms with Crippen molar-refractivity contribution in [1.82, 2.24) is 15.5 Å². The lowest BCUT2D eigenvalue weighted by atomic mass is 10.0. The van der Waals surface area contributed by atoms with Crippen LogP contribution in [0.25, 0.3) is 0 Å². The van der Waals surface area contributed by atoms with E-state index >= 15 is 0 Å². The molecule has 1 aliphatic heterocycles. The van der Waals surface area contributed by atoms with Crippen molar-refractivity contribution in [2.75, 3.05) is 13.1 Å². The van der Waals surface area contributed by atoms with E-state index in [-0.39, 0.29) is 56.9 Å². The monoisotopic (exact) mass is 562 g/mol. The van der Waals surface area contributed by atoms with Gasteiger partial charge in [-0.3, -0.25) is 24.2 Å². The third-order valence-electron chi connectivity index (χ3n) is 6.42. The number of guanidine groups is 1. The number of hydrogen-bond acceptors (Lipinski definition) is 8. The van der Waals surface area contributed by atoms with Crippen LogP contribution >= 0.6 is 0 Å². The lowest BCUT2D eigenvalue weighted by Crippen LogP contribution is -2.57. The van der Waals surface area contributed by atoms with Gasteiger partial charge >= 0.3 is 5.97 Å². The van der Waals surface area contributed by atoms with Crippen LogP contribution in [0.3, 0.4) is 0 Å². The first-order valence-electron chi connectivity index (χ1n) is 12.9. The van der Waals surface area contributed by atoms with Gasteiger partial charge < -0.3 is 48.7 Å². The van der Waals surface area contributed by atoms with Gasteiger partial charge in [0, 0.05) is 19.5 Å². The Labute approximate surface area is 231 Å². The van der Waals surface area contributed by atoms with Gasteiger partial charge in [0.15, 0.2) is 5.96 Å². The van der Waals surface area contributed by atoms with Crippen molar-refractivity contribution >= 4 is 35.6 Å². The quantitative estimate of drug-likeness (QED) is 0.0639. The molecular formula is C25H38N8O7. The average Bonchev–Trinajstić information content (AvgIpc) is 3.38. The van der Waals surface area contributed by atoms with Crippen molar-refractivity contribution in [1.29, 1.82) is 0 Å². The molecule has 1 saturated heterocycles. The molecule has 1 aromatic rings. The van der Waals surface area contributed by atoms with E-state index in [1.54, 1.807) is 12.1 Å². The maximum absolute atomic E-state index is 13.6. The number of benzene rings is 1. The van der Waals surface area contributed by atoms with Crippen LogP contribution < -0.4 is 33.6 Å². The number of nitrogens with two attached hydrogens (primary N) is 4. The highest BCUT2D eigenvalue weighted by atomic mass is 16.4. The normalized spacial score (nSPS) is 16.8. The summed E-state index contributed by atoms with van der Waals surface area (Å²) < 4.78 is 0. The van der Waals surface area contributed by atoms with E-state index in [1.165, 1.54) is 17.0 Å². The molecule has 4 amide bonds. The molecule has 0 aliphatic carbocycles. The molecule has 12 N–H and O–H groups in total. The summed E-state index contributed by atoms with van der Waals surface area (Å²) in [5, 5.41) is 23.9. The number of amides is 4. The minimum atomic E-state index is -1.36. The molecule has 0 aromatic heterocycles. The lowest BCUT2D eigenvalue weighted by Gasteiger charge is -2.30. The van der Waals surface area contributed by atoms with Crippen molar-refractivity contribution in [3.63, 3.8) is 0 Å². The number of carboxylic acid groups (broad SMARTS) is 1. The fourth-order valence-corrected chi connectivity index (χ4v) is 4.33. The number of aliphatic imine (C=N–C) groups is 1. The molecule has 0 radical (unpaired) electrons.